The van der Waals surface area contributed by atoms with Crippen LogP contribution >= 0.6 is 27.5 Å². The number of hydrogen-bond donors (Lipinski definition) is 1. The summed E-state index contributed by atoms with van der Waals surface area (Å²) in [6.45, 7) is 0. The molecule has 0 unspecified atom stereocenters. The fourth-order valence-corrected chi connectivity index (χ4v) is 3.07. The summed E-state index contributed by atoms with van der Waals surface area (Å²) >= 11 is 9.11. The van der Waals surface area contributed by atoms with Gasteiger partial charge in [-0.3, -0.25) is 4.72 Å². The second kappa shape index (κ2) is 6.03. The Kier molecular flexibility index (Phi) is 4.57. The first-order chi connectivity index (χ1) is 9.42. The number of anilines is 1. The Hall–Kier alpha value is -1.24. The lowest BCUT2D eigenvalue weighted by molar-refractivity contribution is 0.414. The summed E-state index contributed by atoms with van der Waals surface area (Å²) in [6, 6.07) is 10.9. The zero-order valence-corrected chi connectivity index (χ0v) is 13.6. The number of hydrogen-bond acceptors (Lipinski definition) is 3. The summed E-state index contributed by atoms with van der Waals surface area (Å²) in [4.78, 5) is 0.157. The normalized spacial score (nSPS) is 11.2. The highest BCUT2D eigenvalue weighted by molar-refractivity contribution is 9.10. The predicted octanol–water partition coefficient (Wildman–Crippen LogP) is 3.91. The Morgan fingerprint density at radius 1 is 1.15 bits per heavy atom. The Balaban J connectivity index is 2.27. The minimum atomic E-state index is -3.64. The van der Waals surface area contributed by atoms with Crippen molar-refractivity contribution in [1.29, 1.82) is 0 Å². The van der Waals surface area contributed by atoms with Gasteiger partial charge in [-0.2, -0.15) is 0 Å². The van der Waals surface area contributed by atoms with Crippen LogP contribution in [0.3, 0.4) is 0 Å². The molecule has 2 rings (SSSR count). The van der Waals surface area contributed by atoms with Gasteiger partial charge in [0.25, 0.3) is 10.0 Å². The largest absolute Gasteiger partial charge is 0.497 e. The summed E-state index contributed by atoms with van der Waals surface area (Å²) in [6.07, 6.45) is 0. The van der Waals surface area contributed by atoms with Gasteiger partial charge in [-0.1, -0.05) is 11.6 Å². The lowest BCUT2D eigenvalue weighted by Gasteiger charge is -2.09. The fraction of sp³-hybridized carbons (Fsp3) is 0.0769. The van der Waals surface area contributed by atoms with Gasteiger partial charge in [-0.25, -0.2) is 8.42 Å². The van der Waals surface area contributed by atoms with E-state index in [0.29, 0.717) is 20.9 Å². The molecule has 106 valence electrons. The minimum Gasteiger partial charge on any atom is -0.497 e. The molecule has 4 nitrogen and oxygen atoms in total. The first-order valence-corrected chi connectivity index (χ1v) is 8.20. The van der Waals surface area contributed by atoms with Gasteiger partial charge in [0, 0.05) is 4.47 Å². The number of halogens is 2. The molecule has 0 spiro atoms. The van der Waals surface area contributed by atoms with Crippen LogP contribution < -0.4 is 9.46 Å². The summed E-state index contributed by atoms with van der Waals surface area (Å²) in [5.41, 5.74) is 0.428. The van der Waals surface area contributed by atoms with Crippen molar-refractivity contribution in [2.75, 3.05) is 11.8 Å². The zero-order valence-electron chi connectivity index (χ0n) is 10.4. The fourth-order valence-electron chi connectivity index (χ4n) is 1.53. The van der Waals surface area contributed by atoms with Crippen molar-refractivity contribution >= 4 is 43.2 Å². The molecule has 0 aromatic heterocycles. The average molecular weight is 377 g/mol. The zero-order chi connectivity index (χ0) is 14.8. The second-order valence-corrected chi connectivity index (χ2v) is 6.85. The van der Waals surface area contributed by atoms with Gasteiger partial charge in [0.1, 0.15) is 5.75 Å². The highest BCUT2D eigenvalue weighted by Gasteiger charge is 2.14. The van der Waals surface area contributed by atoms with Crippen molar-refractivity contribution in [2.45, 2.75) is 4.90 Å². The minimum absolute atomic E-state index is 0.157. The van der Waals surface area contributed by atoms with Crippen LogP contribution in [-0.4, -0.2) is 15.5 Å². The Bertz CT molecular complexity index is 717. The van der Waals surface area contributed by atoms with Crippen LogP contribution in [0.15, 0.2) is 51.8 Å². The lowest BCUT2D eigenvalue weighted by atomic mass is 10.3. The lowest BCUT2D eigenvalue weighted by Crippen LogP contribution is -2.12. The van der Waals surface area contributed by atoms with Crippen molar-refractivity contribution in [3.63, 3.8) is 0 Å². The van der Waals surface area contributed by atoms with Crippen LogP contribution in [0.25, 0.3) is 0 Å². The highest BCUT2D eigenvalue weighted by atomic mass is 79.9. The van der Waals surface area contributed by atoms with Crippen LogP contribution in [0.2, 0.25) is 5.02 Å². The van der Waals surface area contributed by atoms with E-state index in [1.807, 2.05) is 0 Å². The van der Waals surface area contributed by atoms with Gasteiger partial charge in [-0.15, -0.1) is 0 Å². The van der Waals surface area contributed by atoms with E-state index < -0.39 is 10.0 Å². The molecule has 0 heterocycles. The van der Waals surface area contributed by atoms with Crippen molar-refractivity contribution in [1.82, 2.24) is 0 Å². The summed E-state index contributed by atoms with van der Waals surface area (Å²) in [7, 11) is -2.12. The number of benzene rings is 2. The standard InChI is InChI=1S/C13H11BrClNO3S/c1-19-10-3-5-11(6-4-10)20(17,18)16-9-2-7-13(15)12(14)8-9/h2-8,16H,1H3. The van der Waals surface area contributed by atoms with E-state index in [1.54, 1.807) is 30.3 Å². The molecular weight excluding hydrogens is 366 g/mol. The van der Waals surface area contributed by atoms with Gasteiger partial charge in [0.2, 0.25) is 0 Å². The van der Waals surface area contributed by atoms with Gasteiger partial charge >= 0.3 is 0 Å². The van der Waals surface area contributed by atoms with Gasteiger partial charge in [0.15, 0.2) is 0 Å². The van der Waals surface area contributed by atoms with E-state index in [2.05, 4.69) is 20.7 Å². The molecule has 2 aromatic rings. The molecule has 2 aromatic carbocycles. The third kappa shape index (κ3) is 3.45. The van der Waals surface area contributed by atoms with E-state index in [9.17, 15) is 8.42 Å². The first kappa shape index (κ1) is 15.2. The molecule has 0 atom stereocenters. The van der Waals surface area contributed by atoms with Crippen molar-refractivity contribution in [3.05, 3.63) is 52.0 Å². The molecule has 0 aliphatic carbocycles. The SMILES string of the molecule is COc1ccc(S(=O)(=O)Nc2ccc(Cl)c(Br)c2)cc1. The molecule has 0 bridgehead atoms. The predicted molar refractivity (Wildman–Crippen MR) is 83.0 cm³/mol. The third-order valence-corrected chi connectivity index (χ3v) is 5.15. The molecule has 0 fully saturated rings. The van der Waals surface area contributed by atoms with Crippen molar-refractivity contribution in [3.8, 4) is 5.75 Å². The summed E-state index contributed by atoms with van der Waals surface area (Å²) in [5, 5.41) is 0.511. The number of sulfonamides is 1. The topological polar surface area (TPSA) is 55.4 Å². The van der Waals surface area contributed by atoms with E-state index in [1.165, 1.54) is 19.2 Å². The summed E-state index contributed by atoms with van der Waals surface area (Å²) in [5.74, 6) is 0.596. The molecule has 1 N–H and O–H groups in total. The van der Waals surface area contributed by atoms with Crippen molar-refractivity contribution in [2.24, 2.45) is 0 Å². The molecule has 20 heavy (non-hydrogen) atoms. The van der Waals surface area contributed by atoms with E-state index in [-0.39, 0.29) is 4.90 Å². The van der Waals surface area contributed by atoms with Crippen LogP contribution in [0.5, 0.6) is 5.75 Å². The summed E-state index contributed by atoms with van der Waals surface area (Å²) < 4.78 is 32.5. The van der Waals surface area contributed by atoms with Gasteiger partial charge in [-0.05, 0) is 58.4 Å². The molecule has 0 radical (unpaired) electrons. The van der Waals surface area contributed by atoms with Crippen LogP contribution in [0.1, 0.15) is 0 Å². The first-order valence-electron chi connectivity index (χ1n) is 5.54. The highest BCUT2D eigenvalue weighted by Crippen LogP contribution is 2.27. The monoisotopic (exact) mass is 375 g/mol. The molecule has 7 heteroatoms. The van der Waals surface area contributed by atoms with Crippen molar-refractivity contribution < 1.29 is 13.2 Å². The number of methoxy groups -OCH3 is 1. The van der Waals surface area contributed by atoms with Crippen LogP contribution in [0, 0.1) is 0 Å². The maximum Gasteiger partial charge on any atom is 0.261 e. The van der Waals surface area contributed by atoms with Crippen LogP contribution in [0.4, 0.5) is 5.69 Å². The van der Waals surface area contributed by atoms with Gasteiger partial charge in [0.05, 0.1) is 22.7 Å². The number of rotatable bonds is 4. The second-order valence-electron chi connectivity index (χ2n) is 3.91. The van der Waals surface area contributed by atoms with Gasteiger partial charge < -0.3 is 4.74 Å². The Morgan fingerprint density at radius 3 is 2.35 bits per heavy atom. The maximum absolute atomic E-state index is 12.2. The Morgan fingerprint density at radius 2 is 1.80 bits per heavy atom. The number of ether oxygens (including phenoxy) is 1. The Labute approximate surface area is 130 Å². The molecule has 0 aliphatic rings. The molecular formula is C13H11BrClNO3S. The van der Waals surface area contributed by atoms with E-state index in [4.69, 9.17) is 16.3 Å². The maximum atomic E-state index is 12.2. The number of nitrogens with one attached hydrogen (secondary N) is 1. The molecule has 0 saturated carbocycles. The molecule has 0 aliphatic heterocycles. The van der Waals surface area contributed by atoms with E-state index >= 15 is 0 Å². The average Bonchev–Trinajstić information content (AvgIpc) is 2.43. The quantitative estimate of drug-likeness (QED) is 0.880. The molecule has 0 amide bonds. The van der Waals surface area contributed by atoms with Crippen LogP contribution in [-0.2, 0) is 10.0 Å². The smallest absolute Gasteiger partial charge is 0.261 e. The van der Waals surface area contributed by atoms with E-state index in [0.717, 1.165) is 0 Å². The third-order valence-electron chi connectivity index (χ3n) is 2.54. The molecule has 0 saturated heterocycles.